The number of nitrogens with zero attached hydrogens (tertiary/aromatic N) is 4. The number of ether oxygens (including phenoxy) is 1. The van der Waals surface area contributed by atoms with Gasteiger partial charge in [-0.3, -0.25) is 9.69 Å². The lowest BCUT2D eigenvalue weighted by Crippen LogP contribution is -2.41. The van der Waals surface area contributed by atoms with Gasteiger partial charge in [0.05, 0.1) is 23.4 Å². The van der Waals surface area contributed by atoms with Crippen molar-refractivity contribution < 1.29 is 14.6 Å². The van der Waals surface area contributed by atoms with Gasteiger partial charge in [0.2, 0.25) is 10.8 Å². The maximum absolute atomic E-state index is 12.4. The maximum atomic E-state index is 12.4. The summed E-state index contributed by atoms with van der Waals surface area (Å²) in [5.74, 6) is 0.563. The fourth-order valence-corrected chi connectivity index (χ4v) is 5.11. The van der Waals surface area contributed by atoms with Crippen LogP contribution in [0.2, 0.25) is 0 Å². The molecule has 0 bridgehead atoms. The number of hydrogen-bond donors (Lipinski definition) is 1. The number of aromatic nitrogens is 3. The Labute approximate surface area is 173 Å². The summed E-state index contributed by atoms with van der Waals surface area (Å²) < 4.78 is 6.80. The van der Waals surface area contributed by atoms with Crippen LogP contribution in [0, 0.1) is 5.92 Å². The van der Waals surface area contributed by atoms with Crippen molar-refractivity contribution in [3.8, 4) is 5.88 Å². The molecule has 0 spiro atoms. The number of hydrogen-bond acceptors (Lipinski definition) is 7. The number of piperidine rings is 1. The number of esters is 1. The monoisotopic (exact) mass is 414 g/mol. The number of aromatic hydroxyl groups is 1. The number of rotatable bonds is 6. The molecule has 1 fully saturated rings. The quantitative estimate of drug-likeness (QED) is 0.623. The van der Waals surface area contributed by atoms with E-state index in [1.54, 1.807) is 0 Å². The van der Waals surface area contributed by atoms with E-state index >= 15 is 0 Å². The summed E-state index contributed by atoms with van der Waals surface area (Å²) in [6.07, 6.45) is 2.46. The molecule has 0 saturated carbocycles. The second-order valence-electron chi connectivity index (χ2n) is 7.27. The number of likely N-dealkylation sites (tertiary alicyclic amines) is 1. The summed E-state index contributed by atoms with van der Waals surface area (Å²) in [5, 5.41) is 15.4. The highest BCUT2D eigenvalue weighted by Crippen LogP contribution is 2.41. The van der Waals surface area contributed by atoms with Crippen LogP contribution >= 0.6 is 11.3 Å². The third-order valence-electron chi connectivity index (χ3n) is 5.36. The van der Waals surface area contributed by atoms with Crippen molar-refractivity contribution in [2.45, 2.75) is 39.2 Å². The average Bonchev–Trinajstić information content (AvgIpc) is 3.29. The van der Waals surface area contributed by atoms with Crippen LogP contribution in [-0.2, 0) is 16.0 Å². The number of fused-ring (bicyclic) bond motifs is 1. The largest absolute Gasteiger partial charge is 0.492 e. The van der Waals surface area contributed by atoms with E-state index in [1.165, 1.54) is 15.9 Å². The lowest BCUT2D eigenvalue weighted by Gasteiger charge is -2.37. The molecule has 1 aliphatic rings. The van der Waals surface area contributed by atoms with E-state index in [-0.39, 0.29) is 23.8 Å². The zero-order chi connectivity index (χ0) is 20.4. The van der Waals surface area contributed by atoms with Crippen LogP contribution in [0.3, 0.4) is 0 Å². The van der Waals surface area contributed by atoms with Gasteiger partial charge >= 0.3 is 5.97 Å². The van der Waals surface area contributed by atoms with E-state index in [0.29, 0.717) is 18.1 Å². The number of carbonyl (C=O) groups excluding carboxylic acids is 1. The molecule has 1 aromatic carbocycles. The van der Waals surface area contributed by atoms with Crippen molar-refractivity contribution in [3.63, 3.8) is 0 Å². The normalized spacial score (nSPS) is 18.8. The van der Waals surface area contributed by atoms with Gasteiger partial charge in [0.25, 0.3) is 0 Å². The van der Waals surface area contributed by atoms with Gasteiger partial charge in [0.1, 0.15) is 0 Å². The first-order chi connectivity index (χ1) is 14.1. The van der Waals surface area contributed by atoms with Gasteiger partial charge in [-0.05, 0) is 31.9 Å². The standard InChI is InChI=1S/C21H26N4O3S/c1-3-16-22-21-25(23-16)19(26)18(29-21)17(14-9-6-5-7-10-14)24-12-8-11-15(13-24)20(27)28-4-2/h5-7,9-10,15,17,26H,3-4,8,11-13H2,1-2H3. The number of thiazole rings is 1. The molecule has 2 aromatic heterocycles. The van der Waals surface area contributed by atoms with Gasteiger partial charge in [0.15, 0.2) is 5.82 Å². The Morgan fingerprint density at radius 1 is 1.34 bits per heavy atom. The lowest BCUT2D eigenvalue weighted by molar-refractivity contribution is -0.150. The summed E-state index contributed by atoms with van der Waals surface area (Å²) in [4.78, 5) is 20.6. The van der Waals surface area contributed by atoms with E-state index in [1.807, 2.05) is 32.0 Å². The zero-order valence-electron chi connectivity index (χ0n) is 16.7. The lowest BCUT2D eigenvalue weighted by atomic mass is 9.94. The predicted molar refractivity (Wildman–Crippen MR) is 111 cm³/mol. The fraction of sp³-hybridized carbons (Fsp3) is 0.476. The molecule has 2 atom stereocenters. The smallest absolute Gasteiger partial charge is 0.310 e. The topological polar surface area (TPSA) is 80.0 Å². The minimum Gasteiger partial charge on any atom is -0.492 e. The molecule has 0 radical (unpaired) electrons. The molecule has 1 aliphatic heterocycles. The van der Waals surface area contributed by atoms with Crippen molar-refractivity contribution in [1.29, 1.82) is 0 Å². The van der Waals surface area contributed by atoms with Gasteiger partial charge in [-0.2, -0.15) is 4.52 Å². The Morgan fingerprint density at radius 3 is 2.83 bits per heavy atom. The molecule has 1 N–H and O–H groups in total. The summed E-state index contributed by atoms with van der Waals surface area (Å²) >= 11 is 1.46. The molecule has 4 rings (SSSR count). The summed E-state index contributed by atoms with van der Waals surface area (Å²) in [5.41, 5.74) is 1.08. The zero-order valence-corrected chi connectivity index (χ0v) is 17.6. The van der Waals surface area contributed by atoms with Gasteiger partial charge in [-0.1, -0.05) is 48.6 Å². The van der Waals surface area contributed by atoms with Crippen LogP contribution in [0.25, 0.3) is 4.96 Å². The van der Waals surface area contributed by atoms with Crippen molar-refractivity contribution in [1.82, 2.24) is 19.5 Å². The van der Waals surface area contributed by atoms with Gasteiger partial charge < -0.3 is 9.84 Å². The minimum atomic E-state index is -0.160. The SMILES string of the molecule is CCOC(=O)C1CCCN(C(c2ccccc2)c2sc3nc(CC)nn3c2O)C1. The summed E-state index contributed by atoms with van der Waals surface area (Å²) in [6.45, 7) is 5.68. The first-order valence-corrected chi connectivity index (χ1v) is 11.0. The van der Waals surface area contributed by atoms with Crippen LogP contribution in [0.4, 0.5) is 0 Å². The van der Waals surface area contributed by atoms with Crippen LogP contribution in [0.5, 0.6) is 5.88 Å². The summed E-state index contributed by atoms with van der Waals surface area (Å²) in [7, 11) is 0. The van der Waals surface area contributed by atoms with Crippen LogP contribution in [0.1, 0.15) is 49.0 Å². The first kappa shape index (κ1) is 19.8. The minimum absolute atomic E-state index is 0.129. The maximum Gasteiger partial charge on any atom is 0.310 e. The molecule has 3 heterocycles. The molecule has 154 valence electrons. The highest BCUT2D eigenvalue weighted by molar-refractivity contribution is 7.17. The van der Waals surface area contributed by atoms with Crippen molar-refractivity contribution >= 4 is 22.3 Å². The second kappa shape index (κ2) is 8.51. The van der Waals surface area contributed by atoms with Crippen molar-refractivity contribution in [2.24, 2.45) is 5.92 Å². The molecule has 0 amide bonds. The molecule has 2 unspecified atom stereocenters. The number of benzene rings is 1. The molecule has 0 aliphatic carbocycles. The third kappa shape index (κ3) is 3.86. The number of carbonyl (C=O) groups is 1. The van der Waals surface area contributed by atoms with Gasteiger partial charge in [-0.25, -0.2) is 4.98 Å². The molecule has 3 aromatic rings. The summed E-state index contributed by atoms with van der Waals surface area (Å²) in [6, 6.07) is 9.94. The molecular formula is C21H26N4O3S. The van der Waals surface area contributed by atoms with Gasteiger partial charge in [-0.15, -0.1) is 5.10 Å². The Kier molecular flexibility index (Phi) is 5.82. The highest BCUT2D eigenvalue weighted by atomic mass is 32.1. The van der Waals surface area contributed by atoms with Crippen LogP contribution in [0.15, 0.2) is 30.3 Å². The van der Waals surface area contributed by atoms with E-state index in [4.69, 9.17) is 4.74 Å². The van der Waals surface area contributed by atoms with Crippen molar-refractivity contribution in [3.05, 3.63) is 46.6 Å². The average molecular weight is 415 g/mol. The molecule has 7 nitrogen and oxygen atoms in total. The third-order valence-corrected chi connectivity index (χ3v) is 6.43. The highest BCUT2D eigenvalue weighted by Gasteiger charge is 2.35. The molecule has 1 saturated heterocycles. The van der Waals surface area contributed by atoms with E-state index in [0.717, 1.165) is 42.1 Å². The second-order valence-corrected chi connectivity index (χ2v) is 8.27. The molecule has 29 heavy (non-hydrogen) atoms. The fourth-order valence-electron chi connectivity index (χ4n) is 3.98. The number of aryl methyl sites for hydroxylation is 1. The van der Waals surface area contributed by atoms with Crippen LogP contribution < -0.4 is 0 Å². The van der Waals surface area contributed by atoms with Crippen molar-refractivity contribution in [2.75, 3.05) is 19.7 Å². The van der Waals surface area contributed by atoms with E-state index in [9.17, 15) is 9.90 Å². The molecular weight excluding hydrogens is 388 g/mol. The molecule has 8 heteroatoms. The first-order valence-electron chi connectivity index (χ1n) is 10.1. The van der Waals surface area contributed by atoms with Crippen LogP contribution in [-0.4, -0.2) is 50.3 Å². The Morgan fingerprint density at radius 2 is 2.14 bits per heavy atom. The Bertz CT molecular complexity index is 985. The van der Waals surface area contributed by atoms with Gasteiger partial charge in [0, 0.05) is 13.0 Å². The predicted octanol–water partition coefficient (Wildman–Crippen LogP) is 3.42. The Balaban J connectivity index is 1.72. The van der Waals surface area contributed by atoms with E-state index < -0.39 is 0 Å². The Hall–Kier alpha value is -2.45. The van der Waals surface area contributed by atoms with E-state index in [2.05, 4.69) is 27.1 Å².